The highest BCUT2D eigenvalue weighted by Gasteiger charge is 2.20. The van der Waals surface area contributed by atoms with Crippen LogP contribution in [-0.4, -0.2) is 11.0 Å². The van der Waals surface area contributed by atoms with Crippen LogP contribution in [0.15, 0.2) is 42.5 Å². The number of hydrogen-bond donors (Lipinski definition) is 2. The average molecular weight is 297 g/mol. The Labute approximate surface area is 132 Å². The van der Waals surface area contributed by atoms with Crippen molar-refractivity contribution in [1.29, 1.82) is 0 Å². The molecule has 2 aromatic carbocycles. The van der Waals surface area contributed by atoms with Crippen LogP contribution in [0.4, 0.5) is 0 Å². The number of amides is 1. The summed E-state index contributed by atoms with van der Waals surface area (Å²) >= 11 is 0. The van der Waals surface area contributed by atoms with Crippen LogP contribution in [0.1, 0.15) is 46.9 Å². The van der Waals surface area contributed by atoms with Crippen LogP contribution >= 0.6 is 0 Å². The molecule has 0 aromatic heterocycles. The van der Waals surface area contributed by atoms with E-state index in [4.69, 9.17) is 0 Å². The molecule has 0 aliphatic heterocycles. The van der Waals surface area contributed by atoms with Gasteiger partial charge in [0.05, 0.1) is 11.6 Å². The van der Waals surface area contributed by atoms with E-state index in [0.717, 1.165) is 11.1 Å². The van der Waals surface area contributed by atoms with E-state index in [-0.39, 0.29) is 23.6 Å². The molecule has 2 N–H and O–H groups in total. The monoisotopic (exact) mass is 297 g/mol. The molecule has 2 aromatic rings. The first-order chi connectivity index (χ1) is 10.4. The Morgan fingerprint density at radius 1 is 1.00 bits per heavy atom. The minimum atomic E-state index is -0.253. The van der Waals surface area contributed by atoms with Gasteiger partial charge in [-0.25, -0.2) is 0 Å². The van der Waals surface area contributed by atoms with Crippen molar-refractivity contribution in [2.75, 3.05) is 0 Å². The molecule has 0 aliphatic carbocycles. The standard InChI is InChI=1S/C19H23NO2/c1-12(2)18(15-8-5-13(3)6-9-15)20-19(22)16-10-7-14(4)11-17(16)21/h5-12,18,21H,1-4H3,(H,20,22). The smallest absolute Gasteiger partial charge is 0.255 e. The SMILES string of the molecule is Cc1ccc(C(NC(=O)c2ccc(C)cc2O)C(C)C)cc1. The van der Waals surface area contributed by atoms with E-state index in [2.05, 4.69) is 19.2 Å². The fraction of sp³-hybridized carbons (Fsp3) is 0.316. The highest BCUT2D eigenvalue weighted by Crippen LogP contribution is 2.24. The largest absolute Gasteiger partial charge is 0.507 e. The van der Waals surface area contributed by atoms with Gasteiger partial charge in [-0.1, -0.05) is 49.7 Å². The molecule has 0 saturated carbocycles. The van der Waals surface area contributed by atoms with Crippen molar-refractivity contribution >= 4 is 5.91 Å². The zero-order chi connectivity index (χ0) is 16.3. The van der Waals surface area contributed by atoms with E-state index in [9.17, 15) is 9.90 Å². The summed E-state index contributed by atoms with van der Waals surface area (Å²) < 4.78 is 0. The second-order valence-electron chi connectivity index (χ2n) is 6.13. The van der Waals surface area contributed by atoms with Crippen molar-refractivity contribution in [3.8, 4) is 5.75 Å². The molecule has 0 aliphatic rings. The molecule has 1 atom stereocenters. The third-order valence-electron chi connectivity index (χ3n) is 3.79. The molecule has 3 nitrogen and oxygen atoms in total. The Bertz CT molecular complexity index is 660. The Morgan fingerprint density at radius 2 is 1.59 bits per heavy atom. The van der Waals surface area contributed by atoms with E-state index in [0.29, 0.717) is 5.56 Å². The van der Waals surface area contributed by atoms with Gasteiger partial charge in [0.1, 0.15) is 5.75 Å². The fourth-order valence-corrected chi connectivity index (χ4v) is 2.46. The summed E-state index contributed by atoms with van der Waals surface area (Å²) in [4.78, 5) is 12.5. The van der Waals surface area contributed by atoms with Crippen LogP contribution in [0, 0.1) is 19.8 Å². The van der Waals surface area contributed by atoms with Gasteiger partial charge in [0.25, 0.3) is 5.91 Å². The lowest BCUT2D eigenvalue weighted by Gasteiger charge is -2.23. The van der Waals surface area contributed by atoms with Crippen LogP contribution in [-0.2, 0) is 0 Å². The number of aromatic hydroxyl groups is 1. The second kappa shape index (κ2) is 6.65. The second-order valence-corrected chi connectivity index (χ2v) is 6.13. The van der Waals surface area contributed by atoms with Gasteiger partial charge >= 0.3 is 0 Å². The molecular formula is C19H23NO2. The molecule has 0 fully saturated rings. The summed E-state index contributed by atoms with van der Waals surface area (Å²) in [6, 6.07) is 13.2. The first kappa shape index (κ1) is 16.1. The Morgan fingerprint density at radius 3 is 2.14 bits per heavy atom. The number of aryl methyl sites for hydroxylation is 2. The number of nitrogens with one attached hydrogen (secondary N) is 1. The lowest BCUT2D eigenvalue weighted by Crippen LogP contribution is -2.31. The topological polar surface area (TPSA) is 49.3 Å². The van der Waals surface area contributed by atoms with E-state index in [1.165, 1.54) is 5.56 Å². The minimum Gasteiger partial charge on any atom is -0.507 e. The van der Waals surface area contributed by atoms with Crippen LogP contribution in [0.5, 0.6) is 5.75 Å². The number of rotatable bonds is 4. The first-order valence-electron chi connectivity index (χ1n) is 7.55. The van der Waals surface area contributed by atoms with Crippen molar-refractivity contribution in [2.45, 2.75) is 33.7 Å². The Kier molecular flexibility index (Phi) is 4.86. The molecule has 0 saturated heterocycles. The number of phenols is 1. The number of carbonyl (C=O) groups is 1. The summed E-state index contributed by atoms with van der Waals surface area (Å²) in [7, 11) is 0. The molecular weight excluding hydrogens is 274 g/mol. The maximum absolute atomic E-state index is 12.5. The highest BCUT2D eigenvalue weighted by atomic mass is 16.3. The van der Waals surface area contributed by atoms with Crippen LogP contribution in [0.25, 0.3) is 0 Å². The third kappa shape index (κ3) is 3.67. The van der Waals surface area contributed by atoms with Crippen LogP contribution in [0.2, 0.25) is 0 Å². The van der Waals surface area contributed by atoms with Gasteiger partial charge in [-0.3, -0.25) is 4.79 Å². The quantitative estimate of drug-likeness (QED) is 0.891. The molecule has 0 radical (unpaired) electrons. The van der Waals surface area contributed by atoms with Crippen LogP contribution < -0.4 is 5.32 Å². The summed E-state index contributed by atoms with van der Waals surface area (Å²) in [5.74, 6) is 0.0138. The van der Waals surface area contributed by atoms with Gasteiger partial charge in [0, 0.05) is 0 Å². The van der Waals surface area contributed by atoms with E-state index >= 15 is 0 Å². The number of carbonyl (C=O) groups excluding carboxylic acids is 1. The van der Waals surface area contributed by atoms with Gasteiger partial charge < -0.3 is 10.4 Å². The maximum atomic E-state index is 12.5. The Balaban J connectivity index is 2.24. The Hall–Kier alpha value is -2.29. The summed E-state index contributed by atoms with van der Waals surface area (Å²) in [6.45, 7) is 8.06. The molecule has 22 heavy (non-hydrogen) atoms. The lowest BCUT2D eigenvalue weighted by molar-refractivity contribution is 0.0923. The third-order valence-corrected chi connectivity index (χ3v) is 3.79. The average Bonchev–Trinajstić information content (AvgIpc) is 2.45. The van der Waals surface area contributed by atoms with Crippen molar-refractivity contribution < 1.29 is 9.90 Å². The molecule has 116 valence electrons. The van der Waals surface area contributed by atoms with Gasteiger partial charge in [-0.2, -0.15) is 0 Å². The molecule has 0 heterocycles. The van der Waals surface area contributed by atoms with E-state index in [1.807, 2.05) is 44.2 Å². The number of phenolic OH excluding ortho intramolecular Hbond substituents is 1. The zero-order valence-corrected chi connectivity index (χ0v) is 13.6. The fourth-order valence-electron chi connectivity index (χ4n) is 2.46. The maximum Gasteiger partial charge on any atom is 0.255 e. The zero-order valence-electron chi connectivity index (χ0n) is 13.6. The predicted molar refractivity (Wildman–Crippen MR) is 89.1 cm³/mol. The lowest BCUT2D eigenvalue weighted by atomic mass is 9.95. The van der Waals surface area contributed by atoms with Crippen molar-refractivity contribution in [2.24, 2.45) is 5.92 Å². The van der Waals surface area contributed by atoms with Crippen molar-refractivity contribution in [3.63, 3.8) is 0 Å². The van der Waals surface area contributed by atoms with Gasteiger partial charge in [-0.05, 0) is 43.0 Å². The van der Waals surface area contributed by atoms with E-state index < -0.39 is 0 Å². The van der Waals surface area contributed by atoms with Gasteiger partial charge in [0.15, 0.2) is 0 Å². The van der Waals surface area contributed by atoms with Gasteiger partial charge in [-0.15, -0.1) is 0 Å². The molecule has 1 unspecified atom stereocenters. The number of benzene rings is 2. The summed E-state index contributed by atoms with van der Waals surface area (Å²) in [5.41, 5.74) is 3.49. The predicted octanol–water partition coefficient (Wildman–Crippen LogP) is 4.14. The van der Waals surface area contributed by atoms with Crippen molar-refractivity contribution in [3.05, 3.63) is 64.7 Å². The highest BCUT2D eigenvalue weighted by molar-refractivity contribution is 5.97. The van der Waals surface area contributed by atoms with Gasteiger partial charge in [0.2, 0.25) is 0 Å². The molecule has 0 spiro atoms. The number of hydrogen-bond acceptors (Lipinski definition) is 2. The molecule has 1 amide bonds. The van der Waals surface area contributed by atoms with E-state index in [1.54, 1.807) is 12.1 Å². The minimum absolute atomic E-state index is 0.0175. The molecule has 3 heteroatoms. The summed E-state index contributed by atoms with van der Waals surface area (Å²) in [6.07, 6.45) is 0. The van der Waals surface area contributed by atoms with Crippen LogP contribution in [0.3, 0.4) is 0 Å². The molecule has 0 bridgehead atoms. The normalized spacial score (nSPS) is 12.2. The molecule has 2 rings (SSSR count). The van der Waals surface area contributed by atoms with Crippen molar-refractivity contribution in [1.82, 2.24) is 5.32 Å². The first-order valence-corrected chi connectivity index (χ1v) is 7.55. The summed E-state index contributed by atoms with van der Waals surface area (Å²) in [5, 5.41) is 13.0.